The molecule has 1 nitrogen and oxygen atoms in total. The predicted molar refractivity (Wildman–Crippen MR) is 83.7 cm³/mol. The zero-order chi connectivity index (χ0) is 13.1. The second-order valence-corrected chi connectivity index (χ2v) is 7.11. The van der Waals surface area contributed by atoms with Gasteiger partial charge in [-0.25, -0.2) is 0 Å². The maximum absolute atomic E-state index is 6.09. The van der Waals surface area contributed by atoms with E-state index in [1.165, 1.54) is 16.0 Å². The highest BCUT2D eigenvalue weighted by atomic mass is 79.9. The molecule has 2 aromatic rings. The van der Waals surface area contributed by atoms with Crippen molar-refractivity contribution in [1.29, 1.82) is 0 Å². The average Bonchev–Trinajstić information content (AvgIpc) is 2.66. The SMILES string of the molecule is CNC(Cc1cccc(C)c1)c1cc(Cl)c(Br)s1. The molecule has 4 heteroatoms. The largest absolute Gasteiger partial charge is 0.312 e. The molecule has 0 amide bonds. The lowest BCUT2D eigenvalue weighted by atomic mass is 10.0. The number of likely N-dealkylation sites (N-methyl/N-ethyl adjacent to an activating group) is 1. The fourth-order valence-corrected chi connectivity index (χ4v) is 3.81. The summed E-state index contributed by atoms with van der Waals surface area (Å²) < 4.78 is 1.00. The monoisotopic (exact) mass is 343 g/mol. The van der Waals surface area contributed by atoms with Crippen LogP contribution in [0.15, 0.2) is 34.1 Å². The smallest absolute Gasteiger partial charge is 0.0887 e. The number of halogens is 2. The van der Waals surface area contributed by atoms with Gasteiger partial charge >= 0.3 is 0 Å². The highest BCUT2D eigenvalue weighted by Gasteiger charge is 2.14. The third-order valence-electron chi connectivity index (χ3n) is 2.88. The normalized spacial score (nSPS) is 12.7. The number of thiophene rings is 1. The summed E-state index contributed by atoms with van der Waals surface area (Å²) in [5.41, 5.74) is 2.64. The first-order valence-electron chi connectivity index (χ1n) is 5.77. The second kappa shape index (κ2) is 6.20. The van der Waals surface area contributed by atoms with Crippen molar-refractivity contribution in [3.63, 3.8) is 0 Å². The Balaban J connectivity index is 2.19. The molecule has 1 atom stereocenters. The second-order valence-electron chi connectivity index (χ2n) is 4.30. The molecular weight excluding hydrogens is 330 g/mol. The van der Waals surface area contributed by atoms with Gasteiger partial charge in [0, 0.05) is 10.9 Å². The van der Waals surface area contributed by atoms with Crippen LogP contribution in [0.25, 0.3) is 0 Å². The number of aryl methyl sites for hydroxylation is 1. The van der Waals surface area contributed by atoms with Crippen molar-refractivity contribution >= 4 is 38.9 Å². The minimum atomic E-state index is 0.306. The quantitative estimate of drug-likeness (QED) is 0.825. The van der Waals surface area contributed by atoms with Crippen LogP contribution in [-0.2, 0) is 6.42 Å². The highest BCUT2D eigenvalue weighted by Crippen LogP contribution is 2.36. The van der Waals surface area contributed by atoms with Crippen molar-refractivity contribution < 1.29 is 0 Å². The maximum Gasteiger partial charge on any atom is 0.0887 e. The molecule has 0 spiro atoms. The van der Waals surface area contributed by atoms with Gasteiger partial charge in [-0.2, -0.15) is 0 Å². The number of hydrogen-bond acceptors (Lipinski definition) is 2. The molecule has 18 heavy (non-hydrogen) atoms. The topological polar surface area (TPSA) is 12.0 Å². The Morgan fingerprint density at radius 1 is 1.39 bits per heavy atom. The van der Waals surface area contributed by atoms with Gasteiger partial charge in [-0.1, -0.05) is 41.4 Å². The van der Waals surface area contributed by atoms with Crippen LogP contribution in [-0.4, -0.2) is 7.05 Å². The van der Waals surface area contributed by atoms with Crippen molar-refractivity contribution in [2.75, 3.05) is 7.05 Å². The summed E-state index contributed by atoms with van der Waals surface area (Å²) in [5, 5.41) is 4.15. The van der Waals surface area contributed by atoms with E-state index in [0.717, 1.165) is 15.2 Å². The molecule has 0 saturated heterocycles. The van der Waals surface area contributed by atoms with E-state index in [0.29, 0.717) is 6.04 Å². The van der Waals surface area contributed by atoms with Crippen LogP contribution >= 0.6 is 38.9 Å². The average molecular weight is 345 g/mol. The third kappa shape index (κ3) is 3.35. The lowest BCUT2D eigenvalue weighted by Gasteiger charge is -2.14. The Morgan fingerprint density at radius 2 is 2.17 bits per heavy atom. The molecule has 1 aromatic carbocycles. The molecule has 0 saturated carbocycles. The third-order valence-corrected chi connectivity index (χ3v) is 5.47. The van der Waals surface area contributed by atoms with E-state index in [4.69, 9.17) is 11.6 Å². The molecule has 1 unspecified atom stereocenters. The molecule has 1 N–H and O–H groups in total. The number of benzene rings is 1. The van der Waals surface area contributed by atoms with Crippen molar-refractivity contribution in [1.82, 2.24) is 5.32 Å². The van der Waals surface area contributed by atoms with Crippen LogP contribution in [0.5, 0.6) is 0 Å². The van der Waals surface area contributed by atoms with Gasteiger partial charge in [0.1, 0.15) is 0 Å². The highest BCUT2D eigenvalue weighted by molar-refractivity contribution is 9.11. The van der Waals surface area contributed by atoms with Gasteiger partial charge in [0.15, 0.2) is 0 Å². The van der Waals surface area contributed by atoms with Gasteiger partial charge < -0.3 is 5.32 Å². The van der Waals surface area contributed by atoms with Crippen LogP contribution in [0, 0.1) is 6.92 Å². The number of hydrogen-bond donors (Lipinski definition) is 1. The maximum atomic E-state index is 6.09. The minimum absolute atomic E-state index is 0.306. The van der Waals surface area contributed by atoms with Crippen LogP contribution in [0.3, 0.4) is 0 Å². The predicted octanol–water partition coefficient (Wildman–Crippen LogP) is 4.98. The van der Waals surface area contributed by atoms with Crippen LogP contribution in [0.4, 0.5) is 0 Å². The summed E-state index contributed by atoms with van der Waals surface area (Å²) in [6, 6.07) is 11.0. The van der Waals surface area contributed by atoms with Crippen molar-refractivity contribution in [2.24, 2.45) is 0 Å². The van der Waals surface area contributed by atoms with Crippen molar-refractivity contribution in [3.8, 4) is 0 Å². The summed E-state index contributed by atoms with van der Waals surface area (Å²) in [5.74, 6) is 0. The van der Waals surface area contributed by atoms with Crippen molar-refractivity contribution in [3.05, 3.63) is 55.1 Å². The van der Waals surface area contributed by atoms with E-state index < -0.39 is 0 Å². The molecule has 96 valence electrons. The first-order chi connectivity index (χ1) is 8.60. The van der Waals surface area contributed by atoms with Gasteiger partial charge in [0.05, 0.1) is 8.81 Å². The van der Waals surface area contributed by atoms with E-state index in [1.54, 1.807) is 11.3 Å². The fourth-order valence-electron chi connectivity index (χ4n) is 1.95. The van der Waals surface area contributed by atoms with E-state index in [2.05, 4.69) is 52.4 Å². The Morgan fingerprint density at radius 3 is 2.72 bits per heavy atom. The summed E-state index contributed by atoms with van der Waals surface area (Å²) in [7, 11) is 1.99. The lowest BCUT2D eigenvalue weighted by molar-refractivity contribution is 0.602. The Kier molecular flexibility index (Phi) is 4.84. The number of rotatable bonds is 4. The molecule has 0 bridgehead atoms. The van der Waals surface area contributed by atoms with Crippen molar-refractivity contribution in [2.45, 2.75) is 19.4 Å². The summed E-state index contributed by atoms with van der Waals surface area (Å²) in [4.78, 5) is 1.26. The first kappa shape index (κ1) is 14.1. The van der Waals surface area contributed by atoms with E-state index in [1.807, 2.05) is 13.1 Å². The molecule has 0 aliphatic rings. The molecular formula is C14H15BrClNS. The zero-order valence-electron chi connectivity index (χ0n) is 10.3. The molecule has 0 aliphatic carbocycles. The Bertz CT molecular complexity index is 519. The minimum Gasteiger partial charge on any atom is -0.312 e. The zero-order valence-corrected chi connectivity index (χ0v) is 13.5. The van der Waals surface area contributed by atoms with E-state index in [9.17, 15) is 0 Å². The van der Waals surface area contributed by atoms with Crippen LogP contribution in [0.1, 0.15) is 22.0 Å². The summed E-state index contributed by atoms with van der Waals surface area (Å²) >= 11 is 11.3. The van der Waals surface area contributed by atoms with Crippen LogP contribution < -0.4 is 5.32 Å². The molecule has 2 rings (SSSR count). The van der Waals surface area contributed by atoms with Gasteiger partial charge in [-0.15, -0.1) is 11.3 Å². The summed E-state index contributed by atoms with van der Waals surface area (Å²) in [6.07, 6.45) is 0.974. The lowest BCUT2D eigenvalue weighted by Crippen LogP contribution is -2.17. The van der Waals surface area contributed by atoms with Gasteiger partial charge in [0.25, 0.3) is 0 Å². The molecule has 1 heterocycles. The van der Waals surface area contributed by atoms with Gasteiger partial charge in [-0.3, -0.25) is 0 Å². The van der Waals surface area contributed by atoms with Crippen LogP contribution in [0.2, 0.25) is 5.02 Å². The Labute approximate surface area is 125 Å². The molecule has 1 aromatic heterocycles. The molecule has 0 aliphatic heterocycles. The molecule has 0 fully saturated rings. The fraction of sp³-hybridized carbons (Fsp3) is 0.286. The summed E-state index contributed by atoms with van der Waals surface area (Å²) in [6.45, 7) is 2.12. The first-order valence-corrected chi connectivity index (χ1v) is 7.76. The van der Waals surface area contributed by atoms with E-state index >= 15 is 0 Å². The van der Waals surface area contributed by atoms with Gasteiger partial charge in [-0.05, 0) is 48.0 Å². The molecule has 0 radical (unpaired) electrons. The Hall–Kier alpha value is -0.350. The van der Waals surface area contributed by atoms with E-state index in [-0.39, 0.29) is 0 Å². The number of nitrogens with one attached hydrogen (secondary N) is 1. The van der Waals surface area contributed by atoms with Gasteiger partial charge in [0.2, 0.25) is 0 Å². The standard InChI is InChI=1S/C14H15BrClNS/c1-9-4-3-5-10(6-9)7-12(17-2)13-8-11(16)14(15)18-13/h3-6,8,12,17H,7H2,1-2H3.